The number of nitrogens with one attached hydrogen (secondary N) is 1. The van der Waals surface area contributed by atoms with Crippen molar-refractivity contribution in [3.63, 3.8) is 0 Å². The van der Waals surface area contributed by atoms with Crippen LogP contribution in [0.4, 0.5) is 0 Å². The molecule has 162 valence electrons. The number of nitrogens with zero attached hydrogens (tertiary/aromatic N) is 1. The molecular weight excluding hydrogens is 435 g/mol. The second-order valence-electron chi connectivity index (χ2n) is 6.08. The zero-order chi connectivity index (χ0) is 22.1. The van der Waals surface area contributed by atoms with Crippen molar-refractivity contribution in [3.8, 4) is 17.2 Å². The molecule has 0 aliphatic rings. The molecule has 0 spiro atoms. The quantitative estimate of drug-likeness (QED) is 0.395. The molecule has 1 aromatic carbocycles. The highest BCUT2D eigenvalue weighted by Gasteiger charge is 2.23. The fourth-order valence-electron chi connectivity index (χ4n) is 2.62. The standard InChI is InChI=1S/C20H22Cl2N2O6/c1-28-17-5-4-12(16(26)8-13-14(21)9-23-10-15(13)22)19(20(17)29-2)30-11-18(27)24-6-3-7-25/h4-5,9-10,25H,3,6-8,11H2,1-2H3,(H,24,27). The van der Waals surface area contributed by atoms with Crippen molar-refractivity contribution < 1.29 is 28.9 Å². The van der Waals surface area contributed by atoms with Gasteiger partial charge in [-0.1, -0.05) is 23.2 Å². The molecular formula is C20H22Cl2N2O6. The Labute approximate surface area is 184 Å². The molecule has 0 aliphatic carbocycles. The van der Waals surface area contributed by atoms with Crippen LogP contribution in [0.1, 0.15) is 22.3 Å². The number of halogens is 2. The second kappa shape index (κ2) is 11.6. The van der Waals surface area contributed by atoms with Crippen LogP contribution in [-0.2, 0) is 11.2 Å². The predicted octanol–water partition coefficient (Wildman–Crippen LogP) is 2.71. The third-order valence-electron chi connectivity index (χ3n) is 4.09. The van der Waals surface area contributed by atoms with E-state index in [-0.39, 0.29) is 52.5 Å². The van der Waals surface area contributed by atoms with E-state index in [0.29, 0.717) is 24.3 Å². The lowest BCUT2D eigenvalue weighted by Crippen LogP contribution is -2.30. The maximum Gasteiger partial charge on any atom is 0.257 e. The number of rotatable bonds is 11. The average Bonchev–Trinajstić information content (AvgIpc) is 2.74. The van der Waals surface area contributed by atoms with E-state index in [1.807, 2.05) is 0 Å². The number of carbonyl (C=O) groups excluding carboxylic acids is 2. The van der Waals surface area contributed by atoms with Crippen molar-refractivity contribution in [2.45, 2.75) is 12.8 Å². The Hall–Kier alpha value is -2.55. The Kier molecular flexibility index (Phi) is 9.16. The van der Waals surface area contributed by atoms with Gasteiger partial charge in [-0.2, -0.15) is 0 Å². The number of hydrogen-bond acceptors (Lipinski definition) is 7. The van der Waals surface area contributed by atoms with Crippen LogP contribution in [0.3, 0.4) is 0 Å². The van der Waals surface area contributed by atoms with Crippen LogP contribution in [0.2, 0.25) is 10.0 Å². The number of ether oxygens (including phenoxy) is 3. The van der Waals surface area contributed by atoms with Gasteiger partial charge >= 0.3 is 0 Å². The van der Waals surface area contributed by atoms with Crippen molar-refractivity contribution in [1.82, 2.24) is 10.3 Å². The highest BCUT2D eigenvalue weighted by Crippen LogP contribution is 2.40. The number of benzene rings is 1. The van der Waals surface area contributed by atoms with Crippen LogP contribution in [-0.4, -0.2) is 55.8 Å². The summed E-state index contributed by atoms with van der Waals surface area (Å²) in [4.78, 5) is 28.9. The summed E-state index contributed by atoms with van der Waals surface area (Å²) in [6.45, 7) is -0.0889. The summed E-state index contributed by atoms with van der Waals surface area (Å²) in [5.41, 5.74) is 0.612. The highest BCUT2D eigenvalue weighted by atomic mass is 35.5. The van der Waals surface area contributed by atoms with Crippen molar-refractivity contribution in [1.29, 1.82) is 0 Å². The van der Waals surface area contributed by atoms with Gasteiger partial charge in [0.15, 0.2) is 23.9 Å². The average molecular weight is 457 g/mol. The number of aliphatic hydroxyl groups is 1. The molecule has 1 heterocycles. The first-order valence-electron chi connectivity index (χ1n) is 8.99. The summed E-state index contributed by atoms with van der Waals surface area (Å²) in [5, 5.41) is 11.9. The molecule has 30 heavy (non-hydrogen) atoms. The number of ketones is 1. The third-order valence-corrected chi connectivity index (χ3v) is 4.75. The van der Waals surface area contributed by atoms with Gasteiger partial charge in [0, 0.05) is 37.5 Å². The maximum atomic E-state index is 13.0. The van der Waals surface area contributed by atoms with Gasteiger partial charge in [-0.25, -0.2) is 0 Å². The van der Waals surface area contributed by atoms with E-state index in [4.69, 9.17) is 42.5 Å². The SMILES string of the molecule is COc1ccc(C(=O)Cc2c(Cl)cncc2Cl)c(OCC(=O)NCCCO)c1OC. The van der Waals surface area contributed by atoms with Gasteiger partial charge in [-0.05, 0) is 18.6 Å². The van der Waals surface area contributed by atoms with Crippen LogP contribution in [0.25, 0.3) is 0 Å². The highest BCUT2D eigenvalue weighted by molar-refractivity contribution is 6.36. The molecule has 2 rings (SSSR count). The summed E-state index contributed by atoms with van der Waals surface area (Å²) in [5.74, 6) is -0.169. The Morgan fingerprint density at radius 3 is 2.40 bits per heavy atom. The molecule has 1 amide bonds. The topological polar surface area (TPSA) is 107 Å². The smallest absolute Gasteiger partial charge is 0.257 e. The zero-order valence-corrected chi connectivity index (χ0v) is 18.0. The Balaban J connectivity index is 2.31. The molecule has 2 N–H and O–H groups in total. The molecule has 10 heteroatoms. The lowest BCUT2D eigenvalue weighted by molar-refractivity contribution is -0.123. The Morgan fingerprint density at radius 1 is 1.10 bits per heavy atom. The van der Waals surface area contributed by atoms with E-state index >= 15 is 0 Å². The summed E-state index contributed by atoms with van der Waals surface area (Å²) < 4.78 is 16.3. The number of aliphatic hydroxyl groups excluding tert-OH is 1. The molecule has 0 saturated carbocycles. The minimum absolute atomic E-state index is 0.0381. The Morgan fingerprint density at radius 2 is 1.80 bits per heavy atom. The molecule has 0 atom stereocenters. The molecule has 1 aromatic heterocycles. The molecule has 8 nitrogen and oxygen atoms in total. The lowest BCUT2D eigenvalue weighted by atomic mass is 10.0. The van der Waals surface area contributed by atoms with Gasteiger partial charge < -0.3 is 24.6 Å². The van der Waals surface area contributed by atoms with Gasteiger partial charge in [0.05, 0.1) is 29.8 Å². The predicted molar refractivity (Wildman–Crippen MR) is 112 cm³/mol. The van der Waals surface area contributed by atoms with Gasteiger partial charge in [0.1, 0.15) is 0 Å². The van der Waals surface area contributed by atoms with E-state index < -0.39 is 5.91 Å². The van der Waals surface area contributed by atoms with E-state index in [0.717, 1.165) is 0 Å². The molecule has 0 radical (unpaired) electrons. The van der Waals surface area contributed by atoms with E-state index in [1.54, 1.807) is 6.07 Å². The van der Waals surface area contributed by atoms with E-state index in [9.17, 15) is 9.59 Å². The number of Topliss-reactive ketones (excluding diaryl/α,β-unsaturated/α-hetero) is 1. The largest absolute Gasteiger partial charge is 0.493 e. The first-order valence-corrected chi connectivity index (χ1v) is 9.74. The van der Waals surface area contributed by atoms with Crippen LogP contribution >= 0.6 is 23.2 Å². The van der Waals surface area contributed by atoms with E-state index in [1.165, 1.54) is 32.7 Å². The van der Waals surface area contributed by atoms with Crippen LogP contribution in [0, 0.1) is 0 Å². The van der Waals surface area contributed by atoms with Gasteiger partial charge in [0.25, 0.3) is 5.91 Å². The fraction of sp³-hybridized carbons (Fsp3) is 0.350. The molecule has 0 aliphatic heterocycles. The van der Waals surface area contributed by atoms with Gasteiger partial charge in [-0.15, -0.1) is 0 Å². The molecule has 0 unspecified atom stereocenters. The summed E-state index contributed by atoms with van der Waals surface area (Å²) in [6, 6.07) is 3.09. The number of carbonyl (C=O) groups is 2. The van der Waals surface area contributed by atoms with Crippen molar-refractivity contribution in [3.05, 3.63) is 45.7 Å². The lowest BCUT2D eigenvalue weighted by Gasteiger charge is -2.17. The normalized spacial score (nSPS) is 10.4. The van der Waals surface area contributed by atoms with Crippen molar-refractivity contribution >= 4 is 34.9 Å². The molecule has 0 fully saturated rings. The first kappa shape index (κ1) is 23.7. The van der Waals surface area contributed by atoms with Crippen molar-refractivity contribution in [2.75, 3.05) is 34.0 Å². The minimum atomic E-state index is -0.410. The number of hydrogen-bond donors (Lipinski definition) is 2. The second-order valence-corrected chi connectivity index (χ2v) is 6.89. The number of pyridine rings is 1. The molecule has 0 saturated heterocycles. The van der Waals surface area contributed by atoms with Crippen LogP contribution in [0.5, 0.6) is 17.2 Å². The van der Waals surface area contributed by atoms with Crippen molar-refractivity contribution in [2.24, 2.45) is 0 Å². The number of aromatic nitrogens is 1. The monoisotopic (exact) mass is 456 g/mol. The van der Waals surface area contributed by atoms with Crippen LogP contribution < -0.4 is 19.5 Å². The summed E-state index contributed by atoms with van der Waals surface area (Å²) >= 11 is 12.2. The third kappa shape index (κ3) is 5.98. The summed E-state index contributed by atoms with van der Waals surface area (Å²) in [7, 11) is 2.85. The zero-order valence-electron chi connectivity index (χ0n) is 16.5. The number of amides is 1. The van der Waals surface area contributed by atoms with Gasteiger partial charge in [-0.3, -0.25) is 14.6 Å². The minimum Gasteiger partial charge on any atom is -0.493 e. The van der Waals surface area contributed by atoms with Crippen LogP contribution in [0.15, 0.2) is 24.5 Å². The molecule has 2 aromatic rings. The van der Waals surface area contributed by atoms with E-state index in [2.05, 4.69) is 10.3 Å². The fourth-order valence-corrected chi connectivity index (χ4v) is 3.12. The Bertz CT molecular complexity index is 887. The summed E-state index contributed by atoms with van der Waals surface area (Å²) in [6.07, 6.45) is 3.12. The molecule has 0 bridgehead atoms. The first-order chi connectivity index (χ1) is 14.4. The number of methoxy groups -OCH3 is 2. The van der Waals surface area contributed by atoms with Gasteiger partial charge in [0.2, 0.25) is 5.75 Å². The maximum absolute atomic E-state index is 13.0.